The van der Waals surface area contributed by atoms with Gasteiger partial charge in [0, 0.05) is 12.0 Å². The van der Waals surface area contributed by atoms with Gasteiger partial charge in [-0.3, -0.25) is 0 Å². The van der Waals surface area contributed by atoms with Gasteiger partial charge in [-0.2, -0.15) is 0 Å². The van der Waals surface area contributed by atoms with Crippen molar-refractivity contribution in [1.82, 2.24) is 19.7 Å². The van der Waals surface area contributed by atoms with Crippen molar-refractivity contribution in [1.29, 1.82) is 0 Å². The highest BCUT2D eigenvalue weighted by Crippen LogP contribution is 2.25. The van der Waals surface area contributed by atoms with Crippen molar-refractivity contribution in [2.45, 2.75) is 26.2 Å². The molecule has 1 saturated heterocycles. The van der Waals surface area contributed by atoms with Crippen molar-refractivity contribution >= 4 is 0 Å². The number of ether oxygens (including phenoxy) is 1. The van der Waals surface area contributed by atoms with Crippen LogP contribution in [0.3, 0.4) is 0 Å². The molecule has 0 amide bonds. The molecule has 5 heteroatoms. The molecule has 5 nitrogen and oxygen atoms in total. The Bertz CT molecular complexity index is 907. The standard InChI is InChI=1S/C23H28N4O/c1-17-4-6-19(7-5-17)23-24-22(16-18-12-14-26(2)15-13-18)27(25-23)20-8-10-21(28-3)11-9-20/h4-11,18H,12-16H2,1-3H3. The predicted octanol–water partition coefficient (Wildman–Crippen LogP) is 4.14. The van der Waals surface area contributed by atoms with E-state index >= 15 is 0 Å². The highest BCUT2D eigenvalue weighted by Gasteiger charge is 2.21. The Balaban J connectivity index is 1.67. The Hall–Kier alpha value is -2.66. The maximum Gasteiger partial charge on any atom is 0.181 e. The Labute approximate surface area is 167 Å². The lowest BCUT2D eigenvalue weighted by Gasteiger charge is -2.28. The van der Waals surface area contributed by atoms with E-state index in [-0.39, 0.29) is 0 Å². The summed E-state index contributed by atoms with van der Waals surface area (Å²) in [5.74, 6) is 3.33. The summed E-state index contributed by atoms with van der Waals surface area (Å²) in [6.07, 6.45) is 3.39. The molecule has 1 aromatic heterocycles. The van der Waals surface area contributed by atoms with Crippen molar-refractivity contribution in [2.75, 3.05) is 27.2 Å². The quantitative estimate of drug-likeness (QED) is 0.671. The van der Waals surface area contributed by atoms with E-state index in [0.29, 0.717) is 5.92 Å². The fourth-order valence-electron chi connectivity index (χ4n) is 3.76. The predicted molar refractivity (Wildman–Crippen MR) is 112 cm³/mol. The first kappa shape index (κ1) is 18.7. The molecule has 0 spiro atoms. The summed E-state index contributed by atoms with van der Waals surface area (Å²) in [4.78, 5) is 7.35. The van der Waals surface area contributed by atoms with Crippen LogP contribution >= 0.6 is 0 Å². The molecule has 0 saturated carbocycles. The Morgan fingerprint density at radius 3 is 2.32 bits per heavy atom. The smallest absolute Gasteiger partial charge is 0.181 e. The topological polar surface area (TPSA) is 43.2 Å². The van der Waals surface area contributed by atoms with E-state index in [2.05, 4.69) is 43.1 Å². The molecule has 0 radical (unpaired) electrons. The van der Waals surface area contributed by atoms with Crippen LogP contribution in [0.1, 0.15) is 24.2 Å². The number of aryl methyl sites for hydroxylation is 1. The van der Waals surface area contributed by atoms with Crippen molar-refractivity contribution in [3.63, 3.8) is 0 Å². The molecule has 3 aromatic rings. The van der Waals surface area contributed by atoms with Gasteiger partial charge in [0.25, 0.3) is 0 Å². The summed E-state index contributed by atoms with van der Waals surface area (Å²) in [7, 11) is 3.89. The van der Waals surface area contributed by atoms with E-state index in [4.69, 9.17) is 14.8 Å². The summed E-state index contributed by atoms with van der Waals surface area (Å²) < 4.78 is 7.31. The lowest BCUT2D eigenvalue weighted by atomic mass is 9.93. The Kier molecular flexibility index (Phi) is 5.44. The number of likely N-dealkylation sites (tertiary alicyclic amines) is 1. The second kappa shape index (κ2) is 8.15. The van der Waals surface area contributed by atoms with Crippen LogP contribution in [0.25, 0.3) is 17.1 Å². The first-order valence-corrected chi connectivity index (χ1v) is 9.98. The van der Waals surface area contributed by atoms with E-state index in [9.17, 15) is 0 Å². The van der Waals surface area contributed by atoms with Crippen LogP contribution in [0.2, 0.25) is 0 Å². The average molecular weight is 377 g/mol. The van der Waals surface area contributed by atoms with Crippen molar-refractivity contribution in [3.05, 3.63) is 59.9 Å². The fourth-order valence-corrected chi connectivity index (χ4v) is 3.76. The second-order valence-electron chi connectivity index (χ2n) is 7.78. The minimum absolute atomic E-state index is 0.656. The lowest BCUT2D eigenvalue weighted by molar-refractivity contribution is 0.217. The summed E-state index contributed by atoms with van der Waals surface area (Å²) in [6, 6.07) is 16.5. The van der Waals surface area contributed by atoms with Gasteiger partial charge in [0.1, 0.15) is 11.6 Å². The Morgan fingerprint density at radius 1 is 1.00 bits per heavy atom. The molecule has 28 heavy (non-hydrogen) atoms. The number of piperidine rings is 1. The van der Waals surface area contributed by atoms with E-state index in [1.54, 1.807) is 7.11 Å². The molecule has 0 aliphatic carbocycles. The summed E-state index contributed by atoms with van der Waals surface area (Å²) >= 11 is 0. The molecule has 2 heterocycles. The van der Waals surface area contributed by atoms with Crippen LogP contribution in [0, 0.1) is 12.8 Å². The van der Waals surface area contributed by atoms with Gasteiger partial charge in [0.05, 0.1) is 12.8 Å². The van der Waals surface area contributed by atoms with Crippen LogP contribution in [0.5, 0.6) is 5.75 Å². The van der Waals surface area contributed by atoms with Gasteiger partial charge in [0.15, 0.2) is 5.82 Å². The zero-order chi connectivity index (χ0) is 19.5. The van der Waals surface area contributed by atoms with Crippen LogP contribution in [-0.4, -0.2) is 46.9 Å². The third-order valence-electron chi connectivity index (χ3n) is 5.61. The first-order valence-electron chi connectivity index (χ1n) is 9.98. The number of hydrogen-bond donors (Lipinski definition) is 0. The zero-order valence-corrected chi connectivity index (χ0v) is 16.9. The molecule has 2 aromatic carbocycles. The van der Waals surface area contributed by atoms with Gasteiger partial charge in [-0.1, -0.05) is 29.8 Å². The molecular formula is C23H28N4O. The van der Waals surface area contributed by atoms with Crippen LogP contribution in [0.4, 0.5) is 0 Å². The lowest BCUT2D eigenvalue weighted by Crippen LogP contribution is -2.31. The zero-order valence-electron chi connectivity index (χ0n) is 16.9. The molecule has 0 bridgehead atoms. The first-order chi connectivity index (χ1) is 13.6. The number of hydrogen-bond acceptors (Lipinski definition) is 4. The van der Waals surface area contributed by atoms with Gasteiger partial charge >= 0.3 is 0 Å². The number of benzene rings is 2. The SMILES string of the molecule is COc1ccc(-n2nc(-c3ccc(C)cc3)nc2CC2CCN(C)CC2)cc1. The Morgan fingerprint density at radius 2 is 1.68 bits per heavy atom. The summed E-state index contributed by atoms with van der Waals surface area (Å²) in [6.45, 7) is 4.41. The third-order valence-corrected chi connectivity index (χ3v) is 5.61. The van der Waals surface area contributed by atoms with Crippen LogP contribution in [0.15, 0.2) is 48.5 Å². The van der Waals surface area contributed by atoms with Gasteiger partial charge in [-0.15, -0.1) is 5.10 Å². The van der Waals surface area contributed by atoms with Crippen molar-refractivity contribution in [2.24, 2.45) is 5.92 Å². The normalized spacial score (nSPS) is 15.7. The highest BCUT2D eigenvalue weighted by molar-refractivity contribution is 5.55. The van der Waals surface area contributed by atoms with E-state index in [1.165, 1.54) is 18.4 Å². The van der Waals surface area contributed by atoms with E-state index in [1.807, 2.05) is 28.9 Å². The number of rotatable bonds is 5. The highest BCUT2D eigenvalue weighted by atomic mass is 16.5. The number of nitrogens with zero attached hydrogens (tertiary/aromatic N) is 4. The molecule has 0 atom stereocenters. The van der Waals surface area contributed by atoms with Gasteiger partial charge in [0.2, 0.25) is 0 Å². The molecule has 0 N–H and O–H groups in total. The minimum atomic E-state index is 0.656. The molecule has 1 aliphatic rings. The van der Waals surface area contributed by atoms with Crippen LogP contribution in [-0.2, 0) is 6.42 Å². The molecule has 0 unspecified atom stereocenters. The van der Waals surface area contributed by atoms with E-state index in [0.717, 1.165) is 48.2 Å². The van der Waals surface area contributed by atoms with Crippen LogP contribution < -0.4 is 4.74 Å². The van der Waals surface area contributed by atoms with Crippen molar-refractivity contribution in [3.8, 4) is 22.8 Å². The largest absolute Gasteiger partial charge is 0.497 e. The summed E-state index contributed by atoms with van der Waals surface area (Å²) in [5, 5.41) is 4.87. The molecule has 4 rings (SSSR count). The second-order valence-corrected chi connectivity index (χ2v) is 7.78. The molecule has 1 fully saturated rings. The maximum atomic E-state index is 5.30. The number of methoxy groups -OCH3 is 1. The fraction of sp³-hybridized carbons (Fsp3) is 0.391. The van der Waals surface area contributed by atoms with Gasteiger partial charge in [-0.25, -0.2) is 9.67 Å². The third kappa shape index (κ3) is 4.09. The number of aromatic nitrogens is 3. The molecule has 1 aliphatic heterocycles. The molecular weight excluding hydrogens is 348 g/mol. The van der Waals surface area contributed by atoms with Crippen molar-refractivity contribution < 1.29 is 4.74 Å². The van der Waals surface area contributed by atoms with Gasteiger partial charge < -0.3 is 9.64 Å². The summed E-state index contributed by atoms with van der Waals surface area (Å²) in [5.41, 5.74) is 3.32. The monoisotopic (exact) mass is 376 g/mol. The van der Waals surface area contributed by atoms with E-state index < -0.39 is 0 Å². The maximum absolute atomic E-state index is 5.30. The average Bonchev–Trinajstić information content (AvgIpc) is 3.14. The molecule has 146 valence electrons. The minimum Gasteiger partial charge on any atom is -0.497 e. The van der Waals surface area contributed by atoms with Gasteiger partial charge in [-0.05, 0) is 70.1 Å².